The number of hydrogen-bond donors (Lipinski definition) is 3. The summed E-state index contributed by atoms with van der Waals surface area (Å²) in [6, 6.07) is 23.4. The van der Waals surface area contributed by atoms with Crippen LogP contribution >= 0.6 is 0 Å². The van der Waals surface area contributed by atoms with Crippen LogP contribution in [0.3, 0.4) is 0 Å². The minimum absolute atomic E-state index is 0.261. The molecule has 29 heavy (non-hydrogen) atoms. The lowest BCUT2D eigenvalue weighted by Gasteiger charge is -2.13. The summed E-state index contributed by atoms with van der Waals surface area (Å²) in [4.78, 5) is 28.2. The van der Waals surface area contributed by atoms with E-state index in [1.807, 2.05) is 30.3 Å². The van der Waals surface area contributed by atoms with Crippen molar-refractivity contribution >= 4 is 34.1 Å². The van der Waals surface area contributed by atoms with Crippen molar-refractivity contribution in [1.29, 1.82) is 0 Å². The Kier molecular flexibility index (Phi) is 4.99. The van der Waals surface area contributed by atoms with Crippen molar-refractivity contribution in [3.63, 3.8) is 0 Å². The van der Waals surface area contributed by atoms with E-state index in [2.05, 4.69) is 15.6 Å². The summed E-state index contributed by atoms with van der Waals surface area (Å²) in [5.74, 6) is -0.0346. The lowest BCUT2D eigenvalue weighted by molar-refractivity contribution is 0.101. The molecule has 144 valence electrons. The summed E-state index contributed by atoms with van der Waals surface area (Å²) in [6.45, 7) is 0. The number of benzene rings is 3. The first-order valence-electron chi connectivity index (χ1n) is 9.07. The van der Waals surface area contributed by atoms with Gasteiger partial charge in [0.25, 0.3) is 11.8 Å². The zero-order valence-corrected chi connectivity index (χ0v) is 15.7. The van der Waals surface area contributed by atoms with Crippen LogP contribution in [-0.4, -0.2) is 23.9 Å². The largest absolute Gasteiger partial charge is 0.495 e. The lowest BCUT2D eigenvalue weighted by atomic mass is 10.2. The molecule has 4 aromatic rings. The van der Waals surface area contributed by atoms with Gasteiger partial charge in [-0.3, -0.25) is 9.59 Å². The minimum atomic E-state index is -0.272. The van der Waals surface area contributed by atoms with E-state index in [0.29, 0.717) is 28.4 Å². The molecule has 0 saturated carbocycles. The molecular formula is C23H19N3O3. The van der Waals surface area contributed by atoms with Crippen LogP contribution in [0.25, 0.3) is 10.9 Å². The smallest absolute Gasteiger partial charge is 0.272 e. The van der Waals surface area contributed by atoms with E-state index in [4.69, 9.17) is 4.74 Å². The molecule has 0 unspecified atom stereocenters. The molecule has 1 heterocycles. The summed E-state index contributed by atoms with van der Waals surface area (Å²) in [6.07, 6.45) is 0. The Hall–Kier alpha value is -4.06. The number of ether oxygens (including phenoxy) is 1. The molecule has 0 fully saturated rings. The highest BCUT2D eigenvalue weighted by atomic mass is 16.5. The minimum Gasteiger partial charge on any atom is -0.495 e. The summed E-state index contributed by atoms with van der Waals surface area (Å²) < 4.78 is 5.33. The Labute approximate surface area is 167 Å². The molecule has 6 nitrogen and oxygen atoms in total. The van der Waals surface area contributed by atoms with Gasteiger partial charge < -0.3 is 20.4 Å². The average molecular weight is 385 g/mol. The predicted octanol–water partition coefficient (Wildman–Crippen LogP) is 4.68. The van der Waals surface area contributed by atoms with Crippen molar-refractivity contribution in [2.45, 2.75) is 0 Å². The molecule has 4 rings (SSSR count). The van der Waals surface area contributed by atoms with Crippen molar-refractivity contribution in [2.24, 2.45) is 0 Å². The third-order valence-corrected chi connectivity index (χ3v) is 4.52. The third kappa shape index (κ3) is 3.96. The highest BCUT2D eigenvalue weighted by Crippen LogP contribution is 2.28. The second-order valence-corrected chi connectivity index (χ2v) is 6.46. The number of fused-ring (bicyclic) bond motifs is 1. The molecule has 3 N–H and O–H groups in total. The lowest BCUT2D eigenvalue weighted by Crippen LogP contribution is -2.14. The molecule has 0 radical (unpaired) electrons. The van der Waals surface area contributed by atoms with Gasteiger partial charge >= 0.3 is 0 Å². The molecule has 3 aromatic carbocycles. The van der Waals surface area contributed by atoms with Crippen LogP contribution in [0, 0.1) is 0 Å². The predicted molar refractivity (Wildman–Crippen MR) is 114 cm³/mol. The first-order valence-corrected chi connectivity index (χ1v) is 9.07. The van der Waals surface area contributed by atoms with Crippen LogP contribution < -0.4 is 15.4 Å². The van der Waals surface area contributed by atoms with Crippen LogP contribution in [0.4, 0.5) is 11.4 Å². The SMILES string of the molecule is COc1ccc(NC(=O)c2cc3ccccc3[nH]2)cc1NC(=O)c1ccccc1. The first-order chi connectivity index (χ1) is 14.1. The zero-order valence-electron chi connectivity index (χ0n) is 15.7. The van der Waals surface area contributed by atoms with E-state index in [1.165, 1.54) is 7.11 Å². The van der Waals surface area contributed by atoms with Crippen molar-refractivity contribution in [3.05, 3.63) is 90.1 Å². The van der Waals surface area contributed by atoms with Gasteiger partial charge in [-0.1, -0.05) is 36.4 Å². The fourth-order valence-electron chi connectivity index (χ4n) is 3.06. The summed E-state index contributed by atoms with van der Waals surface area (Å²) in [7, 11) is 1.52. The van der Waals surface area contributed by atoms with Crippen molar-refractivity contribution in [1.82, 2.24) is 4.98 Å². The highest BCUT2D eigenvalue weighted by Gasteiger charge is 2.13. The Morgan fingerprint density at radius 1 is 0.828 bits per heavy atom. The monoisotopic (exact) mass is 385 g/mol. The number of anilines is 2. The number of carbonyl (C=O) groups excluding carboxylic acids is 2. The maximum absolute atomic E-state index is 12.6. The molecule has 2 amide bonds. The van der Waals surface area contributed by atoms with Crippen LogP contribution in [0.2, 0.25) is 0 Å². The maximum atomic E-state index is 12.6. The average Bonchev–Trinajstić information content (AvgIpc) is 3.19. The van der Waals surface area contributed by atoms with Crippen LogP contribution in [0.15, 0.2) is 78.9 Å². The molecular weight excluding hydrogens is 366 g/mol. The molecule has 0 aliphatic heterocycles. The number of aromatic nitrogens is 1. The molecule has 0 saturated heterocycles. The second kappa shape index (κ2) is 7.90. The number of nitrogens with one attached hydrogen (secondary N) is 3. The van der Waals surface area contributed by atoms with E-state index in [9.17, 15) is 9.59 Å². The standard InChI is InChI=1S/C23H19N3O3/c1-29-21-12-11-17(14-19(21)26-22(27)15-7-3-2-4-8-15)24-23(28)20-13-16-9-5-6-10-18(16)25-20/h2-14,25H,1H3,(H,24,28)(H,26,27). The Morgan fingerprint density at radius 2 is 1.59 bits per heavy atom. The number of rotatable bonds is 5. The zero-order chi connectivity index (χ0) is 20.2. The van der Waals surface area contributed by atoms with Crippen molar-refractivity contribution < 1.29 is 14.3 Å². The van der Waals surface area contributed by atoms with E-state index in [-0.39, 0.29) is 11.8 Å². The molecule has 0 bridgehead atoms. The van der Waals surface area contributed by atoms with Gasteiger partial charge in [0, 0.05) is 22.2 Å². The number of methoxy groups -OCH3 is 1. The van der Waals surface area contributed by atoms with E-state index in [1.54, 1.807) is 48.5 Å². The number of H-pyrrole nitrogens is 1. The number of carbonyl (C=O) groups is 2. The molecule has 0 aliphatic rings. The fourth-order valence-corrected chi connectivity index (χ4v) is 3.06. The van der Waals surface area contributed by atoms with E-state index < -0.39 is 0 Å². The van der Waals surface area contributed by atoms with Crippen LogP contribution in [0.1, 0.15) is 20.8 Å². The van der Waals surface area contributed by atoms with Crippen LogP contribution in [-0.2, 0) is 0 Å². The maximum Gasteiger partial charge on any atom is 0.272 e. The number of aromatic amines is 1. The van der Waals surface area contributed by atoms with Gasteiger partial charge in [-0.15, -0.1) is 0 Å². The van der Waals surface area contributed by atoms with Gasteiger partial charge in [-0.25, -0.2) is 0 Å². The van der Waals surface area contributed by atoms with Gasteiger partial charge in [-0.05, 0) is 42.5 Å². The molecule has 0 spiro atoms. The highest BCUT2D eigenvalue weighted by molar-refractivity contribution is 6.07. The topological polar surface area (TPSA) is 83.2 Å². The van der Waals surface area contributed by atoms with Gasteiger partial charge in [0.1, 0.15) is 11.4 Å². The molecule has 1 aromatic heterocycles. The number of amides is 2. The van der Waals surface area contributed by atoms with Gasteiger partial charge in [0.15, 0.2) is 0 Å². The van der Waals surface area contributed by atoms with E-state index >= 15 is 0 Å². The molecule has 0 atom stereocenters. The Bertz CT molecular complexity index is 1150. The summed E-state index contributed by atoms with van der Waals surface area (Å²) in [5, 5.41) is 6.64. The first kappa shape index (κ1) is 18.3. The number of hydrogen-bond acceptors (Lipinski definition) is 3. The third-order valence-electron chi connectivity index (χ3n) is 4.52. The van der Waals surface area contributed by atoms with Gasteiger partial charge in [-0.2, -0.15) is 0 Å². The quantitative estimate of drug-likeness (QED) is 0.466. The Morgan fingerprint density at radius 3 is 2.34 bits per heavy atom. The van der Waals surface area contributed by atoms with Crippen molar-refractivity contribution in [2.75, 3.05) is 17.7 Å². The number of para-hydroxylation sites is 1. The molecule has 0 aliphatic carbocycles. The fraction of sp³-hybridized carbons (Fsp3) is 0.0435. The molecule has 6 heteroatoms. The van der Waals surface area contributed by atoms with Crippen LogP contribution in [0.5, 0.6) is 5.75 Å². The summed E-state index contributed by atoms with van der Waals surface area (Å²) >= 11 is 0. The van der Waals surface area contributed by atoms with Gasteiger partial charge in [0.2, 0.25) is 0 Å². The Balaban J connectivity index is 1.55. The van der Waals surface area contributed by atoms with E-state index in [0.717, 1.165) is 10.9 Å². The van der Waals surface area contributed by atoms with Gasteiger partial charge in [0.05, 0.1) is 12.8 Å². The second-order valence-electron chi connectivity index (χ2n) is 6.46. The summed E-state index contributed by atoms with van der Waals surface area (Å²) in [5.41, 5.74) is 2.88. The normalized spacial score (nSPS) is 10.5. The van der Waals surface area contributed by atoms with Crippen molar-refractivity contribution in [3.8, 4) is 5.75 Å².